The molecule has 0 saturated carbocycles. The van der Waals surface area contributed by atoms with Gasteiger partial charge in [-0.3, -0.25) is 9.69 Å². The predicted octanol–water partition coefficient (Wildman–Crippen LogP) is 1.88. The summed E-state index contributed by atoms with van der Waals surface area (Å²) in [5, 5.41) is 9.19. The minimum atomic E-state index is -0.705. The Balaban J connectivity index is 2.02. The van der Waals surface area contributed by atoms with Crippen molar-refractivity contribution in [2.24, 2.45) is 0 Å². The summed E-state index contributed by atoms with van der Waals surface area (Å²) in [6, 6.07) is 8.69. The van der Waals surface area contributed by atoms with Crippen LogP contribution in [0.4, 0.5) is 0 Å². The van der Waals surface area contributed by atoms with Crippen molar-refractivity contribution in [1.82, 2.24) is 9.80 Å². The van der Waals surface area contributed by atoms with Crippen LogP contribution in [0.25, 0.3) is 0 Å². The maximum atomic E-state index is 11.2. The quantitative estimate of drug-likeness (QED) is 0.869. The molecule has 0 aromatic heterocycles. The van der Waals surface area contributed by atoms with Crippen molar-refractivity contribution in [3.63, 3.8) is 0 Å². The van der Waals surface area contributed by atoms with Crippen molar-refractivity contribution in [3.8, 4) is 0 Å². The van der Waals surface area contributed by atoms with E-state index in [-0.39, 0.29) is 12.5 Å². The molecule has 1 aliphatic heterocycles. The van der Waals surface area contributed by atoms with Gasteiger partial charge in [-0.15, -0.1) is 0 Å². The van der Waals surface area contributed by atoms with Crippen LogP contribution < -0.4 is 0 Å². The van der Waals surface area contributed by atoms with Crippen LogP contribution in [-0.2, 0) is 17.6 Å². The summed E-state index contributed by atoms with van der Waals surface area (Å²) in [6.45, 7) is 6.10. The van der Waals surface area contributed by atoms with Gasteiger partial charge in [0.1, 0.15) is 0 Å². The molecule has 0 aliphatic carbocycles. The van der Waals surface area contributed by atoms with E-state index < -0.39 is 5.97 Å². The molecule has 0 bridgehead atoms. The second-order valence-corrected chi connectivity index (χ2v) is 5.97. The van der Waals surface area contributed by atoms with E-state index in [1.165, 1.54) is 11.1 Å². The van der Waals surface area contributed by atoms with Crippen LogP contribution in [0.15, 0.2) is 24.3 Å². The third-order valence-electron chi connectivity index (χ3n) is 4.37. The van der Waals surface area contributed by atoms with Crippen molar-refractivity contribution >= 4 is 5.97 Å². The topological polar surface area (TPSA) is 43.8 Å². The van der Waals surface area contributed by atoms with E-state index in [0.29, 0.717) is 0 Å². The fourth-order valence-corrected chi connectivity index (χ4v) is 2.90. The van der Waals surface area contributed by atoms with Gasteiger partial charge in [-0.1, -0.05) is 31.2 Å². The molecule has 0 spiro atoms. The lowest BCUT2D eigenvalue weighted by molar-refractivity contribution is -0.138. The van der Waals surface area contributed by atoms with E-state index in [1.807, 2.05) is 0 Å². The zero-order valence-corrected chi connectivity index (χ0v) is 13.1. The highest BCUT2D eigenvalue weighted by Crippen LogP contribution is 2.15. The molecule has 1 fully saturated rings. The lowest BCUT2D eigenvalue weighted by Crippen LogP contribution is -2.50. The van der Waals surface area contributed by atoms with Gasteiger partial charge in [0.15, 0.2) is 0 Å². The van der Waals surface area contributed by atoms with Gasteiger partial charge in [-0.25, -0.2) is 0 Å². The molecule has 4 heteroatoms. The summed E-state index contributed by atoms with van der Waals surface area (Å²) in [5.41, 5.74) is 2.56. The van der Waals surface area contributed by atoms with E-state index in [1.54, 1.807) is 0 Å². The van der Waals surface area contributed by atoms with E-state index in [4.69, 9.17) is 0 Å². The fourth-order valence-electron chi connectivity index (χ4n) is 2.90. The molecule has 116 valence electrons. The number of likely N-dealkylation sites (N-methyl/N-ethyl adjacent to an activating group) is 1. The Labute approximate surface area is 127 Å². The molecule has 0 amide bonds. The van der Waals surface area contributed by atoms with Crippen LogP contribution >= 0.6 is 0 Å². The molecule has 0 radical (unpaired) electrons. The molecular formula is C17H26N2O2. The average molecular weight is 290 g/mol. The van der Waals surface area contributed by atoms with Crippen LogP contribution in [0.3, 0.4) is 0 Å². The van der Waals surface area contributed by atoms with Gasteiger partial charge in [0, 0.05) is 32.2 Å². The first-order valence-corrected chi connectivity index (χ1v) is 7.80. The summed E-state index contributed by atoms with van der Waals surface area (Å²) in [5.74, 6) is -0.705. The summed E-state index contributed by atoms with van der Waals surface area (Å²) in [7, 11) is 2.12. The number of rotatable bonds is 6. The molecule has 1 unspecified atom stereocenters. The second kappa shape index (κ2) is 7.57. The Morgan fingerprint density at radius 2 is 1.71 bits per heavy atom. The number of nitrogens with zero attached hydrogens (tertiary/aromatic N) is 2. The summed E-state index contributed by atoms with van der Waals surface area (Å²) in [4.78, 5) is 15.8. The Morgan fingerprint density at radius 1 is 1.14 bits per heavy atom. The number of carboxylic acid groups (broad SMARTS) is 1. The van der Waals surface area contributed by atoms with Gasteiger partial charge in [0.2, 0.25) is 0 Å². The third-order valence-corrected chi connectivity index (χ3v) is 4.37. The van der Waals surface area contributed by atoms with Crippen LogP contribution in [-0.4, -0.2) is 60.1 Å². The van der Waals surface area contributed by atoms with Crippen molar-refractivity contribution in [2.45, 2.75) is 32.2 Å². The standard InChI is InChI=1S/C17H26N2O2/c1-3-14-4-6-15(7-5-14)12-16(13-17(20)21)19-10-8-18(2)9-11-19/h4-7,16H,3,8-13H2,1-2H3,(H,20,21). The third kappa shape index (κ3) is 4.83. The molecule has 1 aromatic carbocycles. The van der Waals surface area contributed by atoms with Crippen LogP contribution in [0.2, 0.25) is 0 Å². The monoisotopic (exact) mass is 290 g/mol. The smallest absolute Gasteiger partial charge is 0.304 e. The summed E-state index contributed by atoms with van der Waals surface area (Å²) >= 11 is 0. The van der Waals surface area contributed by atoms with Gasteiger partial charge >= 0.3 is 5.97 Å². The minimum absolute atomic E-state index is 0.101. The average Bonchev–Trinajstić information content (AvgIpc) is 2.48. The molecular weight excluding hydrogens is 264 g/mol. The van der Waals surface area contributed by atoms with Gasteiger partial charge in [-0.2, -0.15) is 0 Å². The fraction of sp³-hybridized carbons (Fsp3) is 0.588. The maximum absolute atomic E-state index is 11.2. The Bertz CT molecular complexity index is 450. The second-order valence-electron chi connectivity index (χ2n) is 5.97. The van der Waals surface area contributed by atoms with E-state index in [9.17, 15) is 9.90 Å². The molecule has 1 aromatic rings. The van der Waals surface area contributed by atoms with Gasteiger partial charge in [0.25, 0.3) is 0 Å². The number of aryl methyl sites for hydroxylation is 1. The largest absolute Gasteiger partial charge is 0.481 e. The van der Waals surface area contributed by atoms with Crippen LogP contribution in [0.1, 0.15) is 24.5 Å². The molecule has 1 atom stereocenters. The Morgan fingerprint density at radius 3 is 2.24 bits per heavy atom. The molecule has 4 nitrogen and oxygen atoms in total. The zero-order chi connectivity index (χ0) is 15.2. The number of aliphatic carboxylic acids is 1. The normalized spacial score (nSPS) is 18.6. The van der Waals surface area contributed by atoms with Gasteiger partial charge in [-0.05, 0) is 31.0 Å². The minimum Gasteiger partial charge on any atom is -0.481 e. The Hall–Kier alpha value is -1.39. The van der Waals surface area contributed by atoms with Crippen LogP contribution in [0, 0.1) is 0 Å². The first kappa shape index (κ1) is 16.0. The number of hydrogen-bond donors (Lipinski definition) is 1. The van der Waals surface area contributed by atoms with Crippen LogP contribution in [0.5, 0.6) is 0 Å². The summed E-state index contributed by atoms with van der Waals surface area (Å²) < 4.78 is 0. The lowest BCUT2D eigenvalue weighted by atomic mass is 9.99. The Kier molecular flexibility index (Phi) is 5.76. The number of benzene rings is 1. The SMILES string of the molecule is CCc1ccc(CC(CC(=O)O)N2CCN(C)CC2)cc1. The highest BCUT2D eigenvalue weighted by molar-refractivity contribution is 5.67. The molecule has 1 N–H and O–H groups in total. The highest BCUT2D eigenvalue weighted by Gasteiger charge is 2.24. The van der Waals surface area contributed by atoms with Crippen molar-refractivity contribution in [3.05, 3.63) is 35.4 Å². The maximum Gasteiger partial charge on any atom is 0.304 e. The number of carboxylic acids is 1. The van der Waals surface area contributed by atoms with E-state index in [2.05, 4.69) is 48.0 Å². The summed E-state index contributed by atoms with van der Waals surface area (Å²) in [6.07, 6.45) is 2.08. The van der Waals surface area contributed by atoms with Crippen molar-refractivity contribution in [2.75, 3.05) is 33.2 Å². The number of carbonyl (C=O) groups is 1. The predicted molar refractivity (Wildman–Crippen MR) is 84.6 cm³/mol. The first-order chi connectivity index (χ1) is 10.1. The molecule has 1 aliphatic rings. The van der Waals surface area contributed by atoms with Crippen molar-refractivity contribution in [1.29, 1.82) is 0 Å². The van der Waals surface area contributed by atoms with E-state index in [0.717, 1.165) is 39.0 Å². The molecule has 1 heterocycles. The molecule has 2 rings (SSSR count). The van der Waals surface area contributed by atoms with Gasteiger partial charge in [0.05, 0.1) is 6.42 Å². The van der Waals surface area contributed by atoms with Gasteiger partial charge < -0.3 is 10.0 Å². The van der Waals surface area contributed by atoms with Crippen molar-refractivity contribution < 1.29 is 9.90 Å². The molecule has 1 saturated heterocycles. The first-order valence-electron chi connectivity index (χ1n) is 7.80. The molecule has 21 heavy (non-hydrogen) atoms. The number of piperazine rings is 1. The zero-order valence-electron chi connectivity index (χ0n) is 13.1. The number of hydrogen-bond acceptors (Lipinski definition) is 3. The lowest BCUT2D eigenvalue weighted by Gasteiger charge is -2.37. The van der Waals surface area contributed by atoms with E-state index >= 15 is 0 Å². The highest BCUT2D eigenvalue weighted by atomic mass is 16.4.